The van der Waals surface area contributed by atoms with E-state index in [4.69, 9.17) is 16.3 Å². The summed E-state index contributed by atoms with van der Waals surface area (Å²) in [6.07, 6.45) is 1.60. The third kappa shape index (κ3) is 6.53. The predicted octanol–water partition coefficient (Wildman–Crippen LogP) is 2.94. The minimum Gasteiger partial charge on any atom is -0.444 e. The highest BCUT2D eigenvalue weighted by molar-refractivity contribution is 6.29. The van der Waals surface area contributed by atoms with E-state index in [9.17, 15) is 9.59 Å². The molecular formula is C18H28ClN5O3. The Hall–Kier alpha value is -2.09. The summed E-state index contributed by atoms with van der Waals surface area (Å²) in [6.45, 7) is 9.79. The highest BCUT2D eigenvalue weighted by atomic mass is 35.5. The maximum atomic E-state index is 12.3. The minimum atomic E-state index is -0.511. The van der Waals surface area contributed by atoms with Gasteiger partial charge in [0.2, 0.25) is 0 Å². The third-order valence-electron chi connectivity index (χ3n) is 4.07. The van der Waals surface area contributed by atoms with Gasteiger partial charge in [-0.1, -0.05) is 11.6 Å². The van der Waals surface area contributed by atoms with Crippen molar-refractivity contribution in [3.05, 3.63) is 16.9 Å². The normalized spacial score (nSPS) is 17.4. The van der Waals surface area contributed by atoms with E-state index in [0.717, 1.165) is 12.8 Å². The molecule has 1 aliphatic rings. The smallest absolute Gasteiger partial charge is 0.410 e. The first-order valence-electron chi connectivity index (χ1n) is 9.23. The van der Waals surface area contributed by atoms with E-state index in [-0.39, 0.29) is 28.8 Å². The maximum Gasteiger partial charge on any atom is 0.410 e. The van der Waals surface area contributed by atoms with E-state index < -0.39 is 5.60 Å². The fourth-order valence-electron chi connectivity index (χ4n) is 2.89. The molecule has 0 saturated carbocycles. The zero-order chi connectivity index (χ0) is 20.0. The van der Waals surface area contributed by atoms with Crippen LogP contribution in [0.2, 0.25) is 5.15 Å². The zero-order valence-electron chi connectivity index (χ0n) is 16.3. The second-order valence-electron chi connectivity index (χ2n) is 7.60. The fourth-order valence-corrected chi connectivity index (χ4v) is 3.04. The molecule has 2 N–H and O–H groups in total. The quantitative estimate of drug-likeness (QED) is 0.792. The highest BCUT2D eigenvalue weighted by Gasteiger charge is 2.27. The van der Waals surface area contributed by atoms with Crippen LogP contribution in [0.5, 0.6) is 0 Å². The molecular weight excluding hydrogens is 370 g/mol. The minimum absolute atomic E-state index is 0.209. The van der Waals surface area contributed by atoms with Crippen molar-refractivity contribution in [2.24, 2.45) is 5.92 Å². The van der Waals surface area contributed by atoms with Gasteiger partial charge < -0.3 is 20.3 Å². The molecule has 2 amide bonds. The van der Waals surface area contributed by atoms with Crippen LogP contribution in [0, 0.1) is 5.92 Å². The lowest BCUT2D eigenvalue weighted by Crippen LogP contribution is -2.44. The molecule has 1 aromatic heterocycles. The maximum absolute atomic E-state index is 12.3. The molecule has 27 heavy (non-hydrogen) atoms. The summed E-state index contributed by atoms with van der Waals surface area (Å²) in [5.41, 5.74) is 0.236. The van der Waals surface area contributed by atoms with Gasteiger partial charge in [0.15, 0.2) is 10.8 Å². The number of carbonyl (C=O) groups excluding carboxylic acids is 2. The first-order chi connectivity index (χ1) is 12.7. The number of ether oxygens (including phenoxy) is 1. The number of carbonyl (C=O) groups is 2. The molecule has 8 nitrogen and oxygen atoms in total. The Kier molecular flexibility index (Phi) is 7.24. The van der Waals surface area contributed by atoms with Crippen molar-refractivity contribution in [2.75, 3.05) is 31.5 Å². The third-order valence-corrected chi connectivity index (χ3v) is 4.25. The van der Waals surface area contributed by atoms with E-state index in [1.54, 1.807) is 11.0 Å². The van der Waals surface area contributed by atoms with Crippen LogP contribution in [0.1, 0.15) is 51.0 Å². The number of amides is 2. The lowest BCUT2D eigenvalue weighted by molar-refractivity contribution is 0.0172. The number of nitrogens with one attached hydrogen (secondary N) is 2. The van der Waals surface area contributed by atoms with E-state index in [0.29, 0.717) is 31.9 Å². The zero-order valence-corrected chi connectivity index (χ0v) is 17.1. The van der Waals surface area contributed by atoms with Gasteiger partial charge in [-0.25, -0.2) is 4.79 Å². The molecule has 0 bridgehead atoms. The van der Waals surface area contributed by atoms with E-state index in [1.807, 2.05) is 27.7 Å². The second-order valence-corrected chi connectivity index (χ2v) is 7.99. The first-order valence-corrected chi connectivity index (χ1v) is 9.60. The molecule has 0 aromatic carbocycles. The molecule has 9 heteroatoms. The number of hydrogen-bond donors (Lipinski definition) is 2. The van der Waals surface area contributed by atoms with Gasteiger partial charge in [-0.05, 0) is 46.5 Å². The van der Waals surface area contributed by atoms with Crippen LogP contribution < -0.4 is 10.6 Å². The van der Waals surface area contributed by atoms with Gasteiger partial charge >= 0.3 is 6.09 Å². The number of aromatic nitrogens is 2. The number of likely N-dealkylation sites (tertiary alicyclic amines) is 1. The summed E-state index contributed by atoms with van der Waals surface area (Å²) < 4.78 is 5.46. The predicted molar refractivity (Wildman–Crippen MR) is 104 cm³/mol. The number of piperidine rings is 1. The average molecular weight is 398 g/mol. The van der Waals surface area contributed by atoms with Gasteiger partial charge in [-0.2, -0.15) is 0 Å². The molecule has 0 radical (unpaired) electrons. The van der Waals surface area contributed by atoms with E-state index in [2.05, 4.69) is 20.8 Å². The summed E-state index contributed by atoms with van der Waals surface area (Å²) in [5, 5.41) is 13.8. The largest absolute Gasteiger partial charge is 0.444 e. The lowest BCUT2D eigenvalue weighted by Gasteiger charge is -2.34. The monoisotopic (exact) mass is 397 g/mol. The standard InChI is InChI=1S/C18H28ClN5O3/c1-5-20-16(25)15-13(9-14(19)22-23-15)21-10-12-7-6-8-24(11-12)17(26)27-18(2,3)4/h9,12H,5-8,10-11H2,1-4H3,(H,20,25)(H,21,22). The SMILES string of the molecule is CCNC(=O)c1nnc(Cl)cc1NCC1CCCN(C(=O)OC(C)(C)C)C1. The van der Waals surface area contributed by atoms with Gasteiger partial charge in [0.1, 0.15) is 5.60 Å². The van der Waals surface area contributed by atoms with Crippen molar-refractivity contribution in [1.82, 2.24) is 20.4 Å². The van der Waals surface area contributed by atoms with Crippen molar-refractivity contribution in [3.63, 3.8) is 0 Å². The van der Waals surface area contributed by atoms with Gasteiger partial charge in [0.25, 0.3) is 5.91 Å². The molecule has 1 fully saturated rings. The van der Waals surface area contributed by atoms with Crippen molar-refractivity contribution in [1.29, 1.82) is 0 Å². The molecule has 1 aromatic rings. The summed E-state index contributed by atoms with van der Waals surface area (Å²) in [7, 11) is 0. The van der Waals surface area contributed by atoms with Crippen LogP contribution >= 0.6 is 11.6 Å². The Morgan fingerprint density at radius 1 is 1.37 bits per heavy atom. The van der Waals surface area contributed by atoms with Crippen LogP contribution in [0.3, 0.4) is 0 Å². The summed E-state index contributed by atoms with van der Waals surface area (Å²) in [5.74, 6) is -0.0662. The fraction of sp³-hybridized carbons (Fsp3) is 0.667. The Labute approximate surface area is 165 Å². The van der Waals surface area contributed by atoms with E-state index in [1.165, 1.54) is 0 Å². The summed E-state index contributed by atoms with van der Waals surface area (Å²) >= 11 is 5.93. The van der Waals surface area contributed by atoms with Crippen molar-refractivity contribution < 1.29 is 14.3 Å². The van der Waals surface area contributed by atoms with Crippen molar-refractivity contribution in [3.8, 4) is 0 Å². The first kappa shape index (κ1) is 21.2. The molecule has 150 valence electrons. The van der Waals surface area contributed by atoms with Crippen LogP contribution in [0.15, 0.2) is 6.07 Å². The Bertz CT molecular complexity index is 677. The van der Waals surface area contributed by atoms with Gasteiger partial charge in [-0.15, -0.1) is 10.2 Å². The van der Waals surface area contributed by atoms with Crippen LogP contribution in [0.4, 0.5) is 10.5 Å². The Balaban J connectivity index is 1.99. The molecule has 0 aliphatic carbocycles. The molecule has 2 heterocycles. The number of rotatable bonds is 5. The molecule has 1 atom stereocenters. The van der Waals surface area contributed by atoms with Gasteiger partial charge in [-0.3, -0.25) is 4.79 Å². The number of anilines is 1. The van der Waals surface area contributed by atoms with Gasteiger partial charge in [0.05, 0.1) is 5.69 Å². The van der Waals surface area contributed by atoms with Crippen LogP contribution in [-0.4, -0.2) is 58.9 Å². The Morgan fingerprint density at radius 3 is 2.78 bits per heavy atom. The number of nitrogens with zero attached hydrogens (tertiary/aromatic N) is 3. The molecule has 1 saturated heterocycles. The highest BCUT2D eigenvalue weighted by Crippen LogP contribution is 2.22. The number of hydrogen-bond acceptors (Lipinski definition) is 6. The van der Waals surface area contributed by atoms with Crippen molar-refractivity contribution >= 4 is 29.3 Å². The van der Waals surface area contributed by atoms with Crippen LogP contribution in [-0.2, 0) is 4.74 Å². The Morgan fingerprint density at radius 2 is 2.11 bits per heavy atom. The van der Waals surface area contributed by atoms with E-state index >= 15 is 0 Å². The molecule has 0 spiro atoms. The topological polar surface area (TPSA) is 96.5 Å². The average Bonchev–Trinajstić information content (AvgIpc) is 2.59. The summed E-state index contributed by atoms with van der Waals surface area (Å²) in [6, 6.07) is 1.59. The summed E-state index contributed by atoms with van der Waals surface area (Å²) in [4.78, 5) is 26.2. The molecule has 1 aliphatic heterocycles. The lowest BCUT2D eigenvalue weighted by atomic mass is 9.98. The van der Waals surface area contributed by atoms with Gasteiger partial charge in [0, 0.05) is 32.2 Å². The molecule has 2 rings (SSSR count). The number of halogens is 1. The second kappa shape index (κ2) is 9.21. The molecule has 1 unspecified atom stereocenters. The van der Waals surface area contributed by atoms with Crippen LogP contribution in [0.25, 0.3) is 0 Å². The van der Waals surface area contributed by atoms with Crippen molar-refractivity contribution in [2.45, 2.75) is 46.1 Å².